The monoisotopic (exact) mass is 407 g/mol. The number of hydrogen-bond donors (Lipinski definition) is 0. The highest BCUT2D eigenvalue weighted by molar-refractivity contribution is 7.89. The minimum atomic E-state index is -3.46. The first-order chi connectivity index (χ1) is 13.4. The highest BCUT2D eigenvalue weighted by atomic mass is 32.2. The first-order valence-corrected chi connectivity index (χ1v) is 12.0. The molecule has 6 nitrogen and oxygen atoms in total. The molecule has 1 aromatic carbocycles. The Morgan fingerprint density at radius 3 is 2.25 bits per heavy atom. The molecule has 0 bridgehead atoms. The Morgan fingerprint density at radius 1 is 1.07 bits per heavy atom. The molecule has 0 aromatic heterocycles. The molecule has 1 aliphatic heterocycles. The quantitative estimate of drug-likeness (QED) is 0.727. The predicted molar refractivity (Wildman–Crippen MR) is 110 cm³/mol. The van der Waals surface area contributed by atoms with Gasteiger partial charge in [0.15, 0.2) is 0 Å². The Labute approximate surface area is 169 Å². The van der Waals surface area contributed by atoms with E-state index in [1.54, 1.807) is 24.3 Å². The van der Waals surface area contributed by atoms with E-state index in [2.05, 4.69) is 16.7 Å². The van der Waals surface area contributed by atoms with Crippen molar-refractivity contribution >= 4 is 15.9 Å². The normalized spacial score (nSPS) is 21.4. The molecule has 1 aliphatic carbocycles. The van der Waals surface area contributed by atoms with Crippen LogP contribution in [0.3, 0.4) is 0 Å². The average Bonchev–Trinajstić information content (AvgIpc) is 2.75. The third kappa shape index (κ3) is 4.58. The lowest BCUT2D eigenvalue weighted by atomic mass is 9.93. The van der Waals surface area contributed by atoms with E-state index < -0.39 is 10.0 Å². The van der Waals surface area contributed by atoms with Gasteiger partial charge in [-0.25, -0.2) is 8.42 Å². The van der Waals surface area contributed by atoms with Gasteiger partial charge in [-0.3, -0.25) is 9.69 Å². The van der Waals surface area contributed by atoms with E-state index in [0.717, 1.165) is 19.4 Å². The summed E-state index contributed by atoms with van der Waals surface area (Å²) in [5.74, 6) is 0.189. The maximum absolute atomic E-state index is 13.1. The minimum absolute atomic E-state index is 0.189. The molecular weight excluding hydrogens is 374 g/mol. The highest BCUT2D eigenvalue weighted by Gasteiger charge is 2.34. The minimum Gasteiger partial charge on any atom is -0.339 e. The fourth-order valence-corrected chi connectivity index (χ4v) is 5.90. The number of nitrogens with zero attached hydrogens (tertiary/aromatic N) is 3. The van der Waals surface area contributed by atoms with E-state index in [4.69, 9.17) is 0 Å². The van der Waals surface area contributed by atoms with Gasteiger partial charge in [0.2, 0.25) is 15.9 Å². The number of amides is 1. The Bertz CT molecular complexity index is 739. The van der Waals surface area contributed by atoms with Gasteiger partial charge in [0.25, 0.3) is 0 Å². The van der Waals surface area contributed by atoms with E-state index in [9.17, 15) is 13.2 Å². The molecule has 1 unspecified atom stereocenters. The van der Waals surface area contributed by atoms with E-state index in [1.165, 1.54) is 23.6 Å². The van der Waals surface area contributed by atoms with Crippen LogP contribution in [0.1, 0.15) is 46.0 Å². The summed E-state index contributed by atoms with van der Waals surface area (Å²) in [5, 5.41) is 0. The molecule has 0 spiro atoms. The van der Waals surface area contributed by atoms with Gasteiger partial charge in [-0.2, -0.15) is 4.31 Å². The molecule has 3 rings (SSSR count). The van der Waals surface area contributed by atoms with Crippen molar-refractivity contribution in [1.82, 2.24) is 14.1 Å². The SMILES string of the molecule is CCN(C(=O)C(C)N1CCN(S(=O)(=O)c2ccccc2)CC1)C1CCCCC1. The lowest BCUT2D eigenvalue weighted by Crippen LogP contribution is -2.56. The van der Waals surface area contributed by atoms with Gasteiger partial charge in [-0.1, -0.05) is 37.5 Å². The van der Waals surface area contributed by atoms with Crippen molar-refractivity contribution in [2.45, 2.75) is 62.9 Å². The third-order valence-corrected chi connectivity index (χ3v) is 8.11. The Hall–Kier alpha value is -1.44. The smallest absolute Gasteiger partial charge is 0.243 e. The zero-order valence-electron chi connectivity index (χ0n) is 17.1. The Balaban J connectivity index is 1.60. The van der Waals surface area contributed by atoms with Crippen LogP contribution in [-0.2, 0) is 14.8 Å². The molecule has 1 saturated carbocycles. The lowest BCUT2D eigenvalue weighted by molar-refractivity contribution is -0.139. The molecule has 1 aromatic rings. The second kappa shape index (κ2) is 9.37. The third-order valence-electron chi connectivity index (χ3n) is 6.20. The average molecular weight is 408 g/mol. The summed E-state index contributed by atoms with van der Waals surface area (Å²) in [7, 11) is -3.46. The maximum Gasteiger partial charge on any atom is 0.243 e. The predicted octanol–water partition coefficient (Wildman–Crippen LogP) is 2.56. The first-order valence-electron chi connectivity index (χ1n) is 10.5. The molecule has 28 heavy (non-hydrogen) atoms. The number of piperazine rings is 1. The standard InChI is InChI=1S/C21H33N3O3S/c1-3-24(19-10-6-4-7-11-19)21(25)18(2)22-14-16-23(17-15-22)28(26,27)20-12-8-5-9-13-20/h5,8-9,12-13,18-19H,3-4,6-7,10-11,14-17H2,1-2H3. The molecule has 1 amide bonds. The molecule has 1 saturated heterocycles. The van der Waals surface area contributed by atoms with Crippen molar-refractivity contribution in [1.29, 1.82) is 0 Å². The number of carbonyl (C=O) groups is 1. The summed E-state index contributed by atoms with van der Waals surface area (Å²) in [6.45, 7) is 6.78. The summed E-state index contributed by atoms with van der Waals surface area (Å²) >= 11 is 0. The largest absolute Gasteiger partial charge is 0.339 e. The van der Waals surface area contributed by atoms with Crippen molar-refractivity contribution in [2.24, 2.45) is 0 Å². The fourth-order valence-electron chi connectivity index (χ4n) is 4.46. The van der Waals surface area contributed by atoms with Crippen LogP contribution in [0.5, 0.6) is 0 Å². The van der Waals surface area contributed by atoms with E-state index in [0.29, 0.717) is 37.1 Å². The van der Waals surface area contributed by atoms with Gasteiger partial charge in [0.05, 0.1) is 10.9 Å². The Kier molecular flexibility index (Phi) is 7.12. The van der Waals surface area contributed by atoms with Crippen LogP contribution in [-0.4, -0.2) is 73.2 Å². The van der Waals surface area contributed by atoms with Crippen LogP contribution < -0.4 is 0 Å². The molecule has 156 valence electrons. The van der Waals surface area contributed by atoms with Crippen LogP contribution in [0, 0.1) is 0 Å². The molecule has 1 atom stereocenters. The number of carbonyl (C=O) groups excluding carboxylic acids is 1. The first kappa shape index (κ1) is 21.3. The maximum atomic E-state index is 13.1. The number of hydrogen-bond acceptors (Lipinski definition) is 4. The van der Waals surface area contributed by atoms with E-state index >= 15 is 0 Å². The summed E-state index contributed by atoms with van der Waals surface area (Å²) in [4.78, 5) is 17.6. The summed E-state index contributed by atoms with van der Waals surface area (Å²) in [5.41, 5.74) is 0. The van der Waals surface area contributed by atoms with Gasteiger partial charge in [0.1, 0.15) is 0 Å². The second-order valence-electron chi connectivity index (χ2n) is 7.85. The molecular formula is C21H33N3O3S. The molecule has 1 heterocycles. The van der Waals surface area contributed by atoms with E-state index in [1.807, 2.05) is 13.0 Å². The van der Waals surface area contributed by atoms with Crippen LogP contribution in [0.25, 0.3) is 0 Å². The second-order valence-corrected chi connectivity index (χ2v) is 9.78. The van der Waals surface area contributed by atoms with Gasteiger partial charge < -0.3 is 4.90 Å². The van der Waals surface area contributed by atoms with Gasteiger partial charge >= 0.3 is 0 Å². The van der Waals surface area contributed by atoms with Crippen LogP contribution in [0.2, 0.25) is 0 Å². The number of rotatable bonds is 6. The summed E-state index contributed by atoms with van der Waals surface area (Å²) in [6, 6.07) is 8.74. The molecule has 2 fully saturated rings. The number of sulfonamides is 1. The van der Waals surface area contributed by atoms with Crippen LogP contribution in [0.4, 0.5) is 0 Å². The zero-order chi connectivity index (χ0) is 20.1. The lowest BCUT2D eigenvalue weighted by Gasteiger charge is -2.40. The molecule has 0 radical (unpaired) electrons. The number of likely N-dealkylation sites (N-methyl/N-ethyl adjacent to an activating group) is 1. The highest BCUT2D eigenvalue weighted by Crippen LogP contribution is 2.24. The fraction of sp³-hybridized carbons (Fsp3) is 0.667. The Morgan fingerprint density at radius 2 is 1.68 bits per heavy atom. The van der Waals surface area contributed by atoms with Crippen LogP contribution in [0.15, 0.2) is 35.2 Å². The zero-order valence-corrected chi connectivity index (χ0v) is 17.9. The van der Waals surface area contributed by atoms with Gasteiger partial charge in [-0.15, -0.1) is 0 Å². The molecule has 7 heteroatoms. The van der Waals surface area contributed by atoms with Gasteiger partial charge in [0, 0.05) is 38.8 Å². The van der Waals surface area contributed by atoms with Crippen LogP contribution >= 0.6 is 0 Å². The van der Waals surface area contributed by atoms with Crippen molar-refractivity contribution < 1.29 is 13.2 Å². The van der Waals surface area contributed by atoms with Crippen molar-refractivity contribution in [3.8, 4) is 0 Å². The summed E-state index contributed by atoms with van der Waals surface area (Å²) in [6.07, 6.45) is 5.90. The van der Waals surface area contributed by atoms with E-state index in [-0.39, 0.29) is 11.9 Å². The topological polar surface area (TPSA) is 60.9 Å². The molecule has 2 aliphatic rings. The number of benzene rings is 1. The van der Waals surface area contributed by atoms with Crippen molar-refractivity contribution in [3.05, 3.63) is 30.3 Å². The van der Waals surface area contributed by atoms with Gasteiger partial charge in [-0.05, 0) is 38.8 Å². The molecule has 0 N–H and O–H groups in total. The summed E-state index contributed by atoms with van der Waals surface area (Å²) < 4.78 is 27.1. The van der Waals surface area contributed by atoms with Crippen molar-refractivity contribution in [3.63, 3.8) is 0 Å². The van der Waals surface area contributed by atoms with Crippen molar-refractivity contribution in [2.75, 3.05) is 32.7 Å².